The highest BCUT2D eigenvalue weighted by Gasteiger charge is 2.30. The van der Waals surface area contributed by atoms with Crippen LogP contribution in [0.1, 0.15) is 67.7 Å². The van der Waals surface area contributed by atoms with Crippen LogP contribution in [0.2, 0.25) is 0 Å². The summed E-state index contributed by atoms with van der Waals surface area (Å²) in [5, 5.41) is 0. The topological polar surface area (TPSA) is 9.23 Å². The summed E-state index contributed by atoms with van der Waals surface area (Å²) in [5.41, 5.74) is 0.775. The van der Waals surface area contributed by atoms with Crippen molar-refractivity contribution in [3.05, 3.63) is 0 Å². The van der Waals surface area contributed by atoms with Crippen LogP contribution in [0, 0.1) is 16.7 Å². The van der Waals surface area contributed by atoms with Crippen molar-refractivity contribution >= 4 is 11.8 Å². The van der Waals surface area contributed by atoms with Crippen molar-refractivity contribution in [3.8, 4) is 0 Å². The van der Waals surface area contributed by atoms with Gasteiger partial charge >= 0.3 is 0 Å². The maximum atomic E-state index is 5.96. The fourth-order valence-electron chi connectivity index (χ4n) is 3.15. The fourth-order valence-corrected chi connectivity index (χ4v) is 4.04. The second-order valence-corrected chi connectivity index (χ2v) is 8.87. The molecule has 0 rings (SSSR count). The first-order valence-corrected chi connectivity index (χ1v) is 9.08. The average Bonchev–Trinajstić information content (AvgIpc) is 2.12. The normalized spacial score (nSPS) is 15.0. The highest BCUT2D eigenvalue weighted by Crippen LogP contribution is 2.38. The van der Waals surface area contributed by atoms with Crippen LogP contribution in [0.4, 0.5) is 0 Å². The smallest absolute Gasteiger partial charge is 0.0552 e. The molecular formula is C17H36OS. The summed E-state index contributed by atoms with van der Waals surface area (Å²) in [6.45, 7) is 17.2. The van der Waals surface area contributed by atoms with Gasteiger partial charge in [-0.25, -0.2) is 0 Å². The minimum Gasteiger partial charge on any atom is -0.378 e. The molecule has 0 aromatic carbocycles. The third-order valence-electron chi connectivity index (χ3n) is 3.43. The summed E-state index contributed by atoms with van der Waals surface area (Å²) in [6.07, 6.45) is 6.16. The maximum Gasteiger partial charge on any atom is 0.0552 e. The summed E-state index contributed by atoms with van der Waals surface area (Å²) in [6, 6.07) is 0. The van der Waals surface area contributed by atoms with Crippen LogP contribution in [0.25, 0.3) is 0 Å². The number of thioether (sulfide) groups is 1. The van der Waals surface area contributed by atoms with Crippen LogP contribution in [-0.4, -0.2) is 24.7 Å². The fraction of sp³-hybridized carbons (Fsp3) is 1.00. The SMILES string of the molecule is CSCC(C)(C)CC(C)(C)CC(C)OCCC(C)C. The predicted molar refractivity (Wildman–Crippen MR) is 90.0 cm³/mol. The van der Waals surface area contributed by atoms with E-state index in [4.69, 9.17) is 4.74 Å². The van der Waals surface area contributed by atoms with Crippen LogP contribution in [0.3, 0.4) is 0 Å². The quantitative estimate of drug-likeness (QED) is 0.515. The Kier molecular flexibility index (Phi) is 8.70. The number of hydrogen-bond donors (Lipinski definition) is 0. The molecule has 0 aliphatic carbocycles. The molecule has 0 aliphatic heterocycles. The lowest BCUT2D eigenvalue weighted by Crippen LogP contribution is -2.29. The Morgan fingerprint density at radius 3 is 2.05 bits per heavy atom. The van der Waals surface area contributed by atoms with Gasteiger partial charge in [-0.3, -0.25) is 0 Å². The summed E-state index contributed by atoms with van der Waals surface area (Å²) in [7, 11) is 0. The molecule has 0 heterocycles. The van der Waals surface area contributed by atoms with Gasteiger partial charge in [0.1, 0.15) is 0 Å². The zero-order valence-corrected chi connectivity index (χ0v) is 15.3. The van der Waals surface area contributed by atoms with Crippen molar-refractivity contribution in [2.45, 2.75) is 73.8 Å². The second-order valence-electron chi connectivity index (χ2n) is 8.01. The molecule has 0 bridgehead atoms. The van der Waals surface area contributed by atoms with E-state index >= 15 is 0 Å². The monoisotopic (exact) mass is 288 g/mol. The molecule has 0 aliphatic rings. The number of hydrogen-bond acceptors (Lipinski definition) is 2. The van der Waals surface area contributed by atoms with Gasteiger partial charge in [-0.15, -0.1) is 0 Å². The van der Waals surface area contributed by atoms with Gasteiger partial charge in [-0.05, 0) is 54.9 Å². The third-order valence-corrected chi connectivity index (χ3v) is 4.50. The van der Waals surface area contributed by atoms with Gasteiger partial charge in [0.05, 0.1) is 6.10 Å². The molecule has 0 spiro atoms. The van der Waals surface area contributed by atoms with E-state index in [1.54, 1.807) is 0 Å². The maximum absolute atomic E-state index is 5.96. The van der Waals surface area contributed by atoms with Crippen LogP contribution in [0.5, 0.6) is 0 Å². The lowest BCUT2D eigenvalue weighted by molar-refractivity contribution is 0.0208. The molecule has 0 amide bonds. The summed E-state index contributed by atoms with van der Waals surface area (Å²) >= 11 is 1.95. The molecule has 0 aromatic heterocycles. The first-order valence-electron chi connectivity index (χ1n) is 7.68. The molecule has 116 valence electrons. The summed E-state index contributed by atoms with van der Waals surface area (Å²) in [4.78, 5) is 0. The van der Waals surface area contributed by atoms with Crippen molar-refractivity contribution in [3.63, 3.8) is 0 Å². The van der Waals surface area contributed by atoms with Gasteiger partial charge in [-0.1, -0.05) is 41.5 Å². The van der Waals surface area contributed by atoms with E-state index in [0.29, 0.717) is 16.9 Å². The van der Waals surface area contributed by atoms with Crippen molar-refractivity contribution in [2.24, 2.45) is 16.7 Å². The van der Waals surface area contributed by atoms with Crippen molar-refractivity contribution in [2.75, 3.05) is 18.6 Å². The van der Waals surface area contributed by atoms with Crippen molar-refractivity contribution in [1.29, 1.82) is 0 Å². The molecule has 0 N–H and O–H groups in total. The van der Waals surface area contributed by atoms with Gasteiger partial charge in [-0.2, -0.15) is 11.8 Å². The molecule has 0 saturated carbocycles. The van der Waals surface area contributed by atoms with Crippen molar-refractivity contribution < 1.29 is 4.74 Å². The Balaban J connectivity index is 4.13. The number of rotatable bonds is 10. The molecule has 0 aromatic rings. The van der Waals surface area contributed by atoms with E-state index in [9.17, 15) is 0 Å². The lowest BCUT2D eigenvalue weighted by atomic mass is 9.73. The molecular weight excluding hydrogens is 252 g/mol. The lowest BCUT2D eigenvalue weighted by Gasteiger charge is -2.36. The number of ether oxygens (including phenoxy) is 1. The molecule has 1 unspecified atom stereocenters. The van der Waals surface area contributed by atoms with Crippen LogP contribution in [0.15, 0.2) is 0 Å². The van der Waals surface area contributed by atoms with E-state index in [0.717, 1.165) is 18.9 Å². The first-order chi connectivity index (χ1) is 8.58. The van der Waals surface area contributed by atoms with E-state index in [-0.39, 0.29) is 0 Å². The van der Waals surface area contributed by atoms with Crippen LogP contribution >= 0.6 is 11.8 Å². The van der Waals surface area contributed by atoms with Crippen molar-refractivity contribution in [1.82, 2.24) is 0 Å². The van der Waals surface area contributed by atoms with E-state index < -0.39 is 0 Å². The largest absolute Gasteiger partial charge is 0.378 e. The molecule has 0 saturated heterocycles. The van der Waals surface area contributed by atoms with Gasteiger partial charge in [0, 0.05) is 6.61 Å². The Morgan fingerprint density at radius 1 is 1.00 bits per heavy atom. The summed E-state index contributed by atoms with van der Waals surface area (Å²) in [5.74, 6) is 1.97. The standard InChI is InChI=1S/C17H36OS/c1-14(2)9-10-18-15(3)11-16(4,5)12-17(6,7)13-19-8/h14-15H,9-13H2,1-8H3. The highest BCUT2D eigenvalue weighted by molar-refractivity contribution is 7.98. The molecule has 0 fully saturated rings. The Bertz CT molecular complexity index is 233. The van der Waals surface area contributed by atoms with Gasteiger partial charge in [0.2, 0.25) is 0 Å². The van der Waals surface area contributed by atoms with Gasteiger partial charge in [0.15, 0.2) is 0 Å². The first kappa shape index (κ1) is 19.3. The summed E-state index contributed by atoms with van der Waals surface area (Å²) < 4.78 is 5.96. The molecule has 19 heavy (non-hydrogen) atoms. The zero-order chi connectivity index (χ0) is 15.1. The Labute approximate surface area is 126 Å². The third kappa shape index (κ3) is 10.7. The van der Waals surface area contributed by atoms with Gasteiger partial charge in [0.25, 0.3) is 0 Å². The average molecular weight is 289 g/mol. The van der Waals surface area contributed by atoms with Crippen LogP contribution < -0.4 is 0 Å². The van der Waals surface area contributed by atoms with E-state index in [2.05, 4.69) is 54.7 Å². The Hall–Kier alpha value is 0.310. The van der Waals surface area contributed by atoms with E-state index in [1.165, 1.54) is 18.6 Å². The molecule has 2 heteroatoms. The minimum absolute atomic E-state index is 0.358. The minimum atomic E-state index is 0.358. The van der Waals surface area contributed by atoms with Gasteiger partial charge < -0.3 is 4.74 Å². The molecule has 0 radical (unpaired) electrons. The molecule has 1 atom stereocenters. The van der Waals surface area contributed by atoms with Crippen LogP contribution in [-0.2, 0) is 4.74 Å². The zero-order valence-electron chi connectivity index (χ0n) is 14.5. The Morgan fingerprint density at radius 2 is 1.58 bits per heavy atom. The van der Waals surface area contributed by atoms with E-state index in [1.807, 2.05) is 11.8 Å². The predicted octanol–water partition coefficient (Wildman–Crippen LogP) is 5.63. The molecule has 1 nitrogen and oxygen atoms in total. The highest BCUT2D eigenvalue weighted by atomic mass is 32.2. The second kappa shape index (κ2) is 8.56.